The van der Waals surface area contributed by atoms with Gasteiger partial charge in [0.25, 0.3) is 0 Å². The molecule has 0 aliphatic carbocycles. The Bertz CT molecular complexity index is 820. The molecule has 0 aromatic heterocycles. The molecule has 7 nitrogen and oxygen atoms in total. The number of aliphatic carboxylic acids is 1. The lowest BCUT2D eigenvalue weighted by molar-refractivity contribution is -0.143. The van der Waals surface area contributed by atoms with Gasteiger partial charge in [-0.15, -0.1) is 0 Å². The zero-order valence-electron chi connectivity index (χ0n) is 23.3. The number of amides is 1. The van der Waals surface area contributed by atoms with Crippen molar-refractivity contribution >= 4 is 12.4 Å². The summed E-state index contributed by atoms with van der Waals surface area (Å²) in [6, 6.07) is 5.89. The van der Waals surface area contributed by atoms with Gasteiger partial charge in [0.15, 0.2) is 11.5 Å². The first-order chi connectivity index (χ1) is 17.2. The van der Waals surface area contributed by atoms with Gasteiger partial charge in [-0.2, -0.15) is 0 Å². The van der Waals surface area contributed by atoms with E-state index in [9.17, 15) is 14.7 Å². The third-order valence-electron chi connectivity index (χ3n) is 7.44. The summed E-state index contributed by atoms with van der Waals surface area (Å²) in [5.41, 5.74) is 1.17. The van der Waals surface area contributed by atoms with Crippen LogP contribution in [0, 0.1) is 11.3 Å². The van der Waals surface area contributed by atoms with Crippen LogP contribution in [0.1, 0.15) is 91.0 Å². The van der Waals surface area contributed by atoms with Crippen LogP contribution in [0.3, 0.4) is 0 Å². The van der Waals surface area contributed by atoms with Crippen LogP contribution >= 0.6 is 0 Å². The third-order valence-corrected chi connectivity index (χ3v) is 7.44. The van der Waals surface area contributed by atoms with E-state index in [1.54, 1.807) is 0 Å². The number of likely N-dealkylation sites (tertiary alicyclic amines) is 1. The number of carbonyl (C=O) groups excluding carboxylic acids is 1. The number of nitrogens with zero attached hydrogens (tertiary/aromatic N) is 2. The number of carboxylic acid groups (broad SMARTS) is 1. The predicted octanol–water partition coefficient (Wildman–Crippen LogP) is 5.78. The van der Waals surface area contributed by atoms with Gasteiger partial charge in [0.05, 0.1) is 5.92 Å². The van der Waals surface area contributed by atoms with Gasteiger partial charge in [-0.3, -0.25) is 9.59 Å². The molecule has 0 bridgehead atoms. The standard InChI is InChI=1S/C20H29NO4.C9H19NO/c1-5-8-20(2,3)10-15-18(19(22)23)14(11-21(15)4)13-6-7-16-17(9-13)25-12-24-16;1-3-5-7-10(9-11)8-6-4-2/h6-7,9,14-15,18H,5,8,10-12H2,1-4H3,(H,22,23);9H,3-8H2,1-2H3/t14-,15+,18-;/m1./s1. The highest BCUT2D eigenvalue weighted by atomic mass is 16.7. The number of carboxylic acids is 1. The maximum absolute atomic E-state index is 12.1. The maximum atomic E-state index is 12.1. The van der Waals surface area contributed by atoms with Crippen molar-refractivity contribution in [1.82, 2.24) is 9.80 Å². The van der Waals surface area contributed by atoms with Crippen LogP contribution in [-0.2, 0) is 9.59 Å². The van der Waals surface area contributed by atoms with Gasteiger partial charge >= 0.3 is 5.97 Å². The Morgan fingerprint density at radius 3 is 2.31 bits per heavy atom. The summed E-state index contributed by atoms with van der Waals surface area (Å²) in [4.78, 5) is 26.7. The Balaban J connectivity index is 0.000000352. The van der Waals surface area contributed by atoms with Crippen LogP contribution in [0.15, 0.2) is 18.2 Å². The normalized spacial score (nSPS) is 21.1. The van der Waals surface area contributed by atoms with E-state index >= 15 is 0 Å². The highest BCUT2D eigenvalue weighted by Gasteiger charge is 2.46. The fourth-order valence-electron chi connectivity index (χ4n) is 5.46. The van der Waals surface area contributed by atoms with E-state index in [2.05, 4.69) is 46.6 Å². The van der Waals surface area contributed by atoms with Crippen molar-refractivity contribution in [3.63, 3.8) is 0 Å². The lowest BCUT2D eigenvalue weighted by Crippen LogP contribution is -2.37. The number of hydrogen-bond acceptors (Lipinski definition) is 5. The molecule has 2 aliphatic rings. The number of rotatable bonds is 13. The molecule has 3 rings (SSSR count). The van der Waals surface area contributed by atoms with Crippen LogP contribution in [0.25, 0.3) is 0 Å². The van der Waals surface area contributed by atoms with Crippen molar-refractivity contribution in [2.75, 3.05) is 33.5 Å². The van der Waals surface area contributed by atoms with Crippen LogP contribution in [-0.4, -0.2) is 66.8 Å². The van der Waals surface area contributed by atoms with Crippen molar-refractivity contribution in [1.29, 1.82) is 0 Å². The molecule has 0 radical (unpaired) electrons. The number of fused-ring (bicyclic) bond motifs is 1. The first-order valence-corrected chi connectivity index (χ1v) is 13.7. The van der Waals surface area contributed by atoms with Gasteiger partial charge in [0.2, 0.25) is 13.2 Å². The summed E-state index contributed by atoms with van der Waals surface area (Å²) in [5, 5.41) is 9.97. The highest BCUT2D eigenvalue weighted by Crippen LogP contribution is 2.44. The van der Waals surface area contributed by atoms with E-state index < -0.39 is 11.9 Å². The van der Waals surface area contributed by atoms with Crippen LogP contribution in [0.4, 0.5) is 0 Å². The van der Waals surface area contributed by atoms with E-state index in [1.807, 2.05) is 23.1 Å². The second-order valence-electron chi connectivity index (χ2n) is 11.1. The lowest BCUT2D eigenvalue weighted by atomic mass is 9.76. The molecular weight excluding hydrogens is 456 g/mol. The molecule has 0 saturated carbocycles. The Hall–Kier alpha value is -2.28. The summed E-state index contributed by atoms with van der Waals surface area (Å²) in [7, 11) is 2.05. The SMILES string of the molecule is CCCC(C)(C)C[C@H]1[C@H](C(=O)O)[C@@H](c2ccc3c(c2)OCO3)CN1C.CCCCN(C=O)CCCC. The Labute approximate surface area is 218 Å². The third kappa shape index (κ3) is 8.39. The topological polar surface area (TPSA) is 79.3 Å². The number of carbonyl (C=O) groups is 2. The number of unbranched alkanes of at least 4 members (excludes halogenated alkanes) is 2. The van der Waals surface area contributed by atoms with E-state index in [0.29, 0.717) is 0 Å². The molecule has 204 valence electrons. The molecule has 1 aromatic carbocycles. The van der Waals surface area contributed by atoms with Gasteiger partial charge in [0.1, 0.15) is 0 Å². The molecule has 1 N–H and O–H groups in total. The van der Waals surface area contributed by atoms with Crippen molar-refractivity contribution < 1.29 is 24.2 Å². The smallest absolute Gasteiger partial charge is 0.308 e. The highest BCUT2D eigenvalue weighted by molar-refractivity contribution is 5.73. The average Bonchev–Trinajstić information content (AvgIpc) is 3.43. The monoisotopic (exact) mass is 504 g/mol. The van der Waals surface area contributed by atoms with Crippen LogP contribution in [0.5, 0.6) is 11.5 Å². The zero-order valence-corrected chi connectivity index (χ0v) is 23.3. The fourth-order valence-corrected chi connectivity index (χ4v) is 5.46. The quantitative estimate of drug-likeness (QED) is 0.343. The first-order valence-electron chi connectivity index (χ1n) is 13.7. The van der Waals surface area contributed by atoms with Crippen LogP contribution in [0.2, 0.25) is 0 Å². The molecule has 36 heavy (non-hydrogen) atoms. The minimum Gasteiger partial charge on any atom is -0.481 e. The summed E-state index contributed by atoms with van der Waals surface area (Å²) >= 11 is 0. The van der Waals surface area contributed by atoms with Crippen LogP contribution < -0.4 is 9.47 Å². The van der Waals surface area contributed by atoms with E-state index in [1.165, 1.54) is 0 Å². The van der Waals surface area contributed by atoms with Gasteiger partial charge in [-0.1, -0.05) is 59.9 Å². The number of benzene rings is 1. The van der Waals surface area contributed by atoms with Crippen molar-refractivity contribution in [3.05, 3.63) is 23.8 Å². The van der Waals surface area contributed by atoms with Gasteiger partial charge in [-0.05, 0) is 55.8 Å². The minimum atomic E-state index is -0.704. The summed E-state index contributed by atoms with van der Waals surface area (Å²) in [6.45, 7) is 13.8. The molecule has 1 saturated heterocycles. The summed E-state index contributed by atoms with van der Waals surface area (Å²) in [6.07, 6.45) is 8.67. The predicted molar refractivity (Wildman–Crippen MR) is 144 cm³/mol. The maximum Gasteiger partial charge on any atom is 0.308 e. The largest absolute Gasteiger partial charge is 0.481 e. The van der Waals surface area contributed by atoms with Crippen molar-refractivity contribution in [2.24, 2.45) is 11.3 Å². The molecular formula is C29H48N2O5. The fraction of sp³-hybridized carbons (Fsp3) is 0.724. The molecule has 0 spiro atoms. The Kier molecular flexibility index (Phi) is 12.0. The van der Waals surface area contributed by atoms with E-state index in [-0.39, 0.29) is 24.2 Å². The van der Waals surface area contributed by atoms with Gasteiger partial charge < -0.3 is 24.4 Å². The summed E-state index contributed by atoms with van der Waals surface area (Å²) in [5.74, 6) is 0.326. The molecule has 7 heteroatoms. The number of hydrogen-bond donors (Lipinski definition) is 1. The first kappa shape index (κ1) is 29.9. The van der Waals surface area contributed by atoms with E-state index in [0.717, 1.165) is 88.1 Å². The second kappa shape index (κ2) is 14.5. The van der Waals surface area contributed by atoms with Gasteiger partial charge in [-0.25, -0.2) is 0 Å². The molecule has 1 fully saturated rings. The molecule has 3 atom stereocenters. The molecule has 2 heterocycles. The Morgan fingerprint density at radius 2 is 1.75 bits per heavy atom. The molecule has 1 amide bonds. The molecule has 0 unspecified atom stereocenters. The second-order valence-corrected chi connectivity index (χ2v) is 11.1. The van der Waals surface area contributed by atoms with Crippen molar-refractivity contribution in [2.45, 2.75) is 91.5 Å². The number of likely N-dealkylation sites (N-methyl/N-ethyl adjacent to an activating group) is 1. The minimum absolute atomic E-state index is 0.0283. The Morgan fingerprint density at radius 1 is 1.11 bits per heavy atom. The van der Waals surface area contributed by atoms with E-state index in [4.69, 9.17) is 9.47 Å². The lowest BCUT2D eigenvalue weighted by Gasteiger charge is -2.33. The van der Waals surface area contributed by atoms with Crippen molar-refractivity contribution in [3.8, 4) is 11.5 Å². The molecule has 1 aromatic rings. The summed E-state index contributed by atoms with van der Waals surface area (Å²) < 4.78 is 10.9. The van der Waals surface area contributed by atoms with Gasteiger partial charge in [0, 0.05) is 31.6 Å². The molecule has 2 aliphatic heterocycles. The average molecular weight is 505 g/mol. The zero-order chi connectivity index (χ0) is 26.7. The number of ether oxygens (including phenoxy) is 2.